The topological polar surface area (TPSA) is 41.5 Å². The molecule has 2 aromatic carbocycles. The van der Waals surface area contributed by atoms with Gasteiger partial charge in [-0.25, -0.2) is 4.39 Å². The van der Waals surface area contributed by atoms with Crippen LogP contribution in [-0.4, -0.2) is 12.2 Å². The molecule has 0 unspecified atom stereocenters. The first-order valence-electron chi connectivity index (χ1n) is 6.09. The summed E-state index contributed by atoms with van der Waals surface area (Å²) in [5.74, 6) is 0.310. The van der Waals surface area contributed by atoms with E-state index in [0.717, 1.165) is 5.69 Å². The number of halogens is 2. The SMILES string of the molecule is COc1ccc(NCc2cc(Cl)ccc2F)cc1CO. The van der Waals surface area contributed by atoms with Crippen molar-refractivity contribution in [1.82, 2.24) is 0 Å². The van der Waals surface area contributed by atoms with E-state index in [0.29, 0.717) is 28.4 Å². The second-order valence-electron chi connectivity index (χ2n) is 4.27. The third-order valence-electron chi connectivity index (χ3n) is 2.94. The fourth-order valence-electron chi connectivity index (χ4n) is 1.89. The number of rotatable bonds is 5. The van der Waals surface area contributed by atoms with Gasteiger partial charge in [0.1, 0.15) is 11.6 Å². The zero-order valence-electron chi connectivity index (χ0n) is 11.0. The highest BCUT2D eigenvalue weighted by Gasteiger charge is 2.05. The lowest BCUT2D eigenvalue weighted by Gasteiger charge is -2.11. The van der Waals surface area contributed by atoms with Gasteiger partial charge in [0.15, 0.2) is 0 Å². The summed E-state index contributed by atoms with van der Waals surface area (Å²) < 4.78 is 18.7. The van der Waals surface area contributed by atoms with Gasteiger partial charge in [-0.1, -0.05) is 11.6 Å². The second-order valence-corrected chi connectivity index (χ2v) is 4.71. The molecule has 0 aliphatic rings. The number of nitrogens with one attached hydrogen (secondary N) is 1. The first kappa shape index (κ1) is 14.6. The molecule has 106 valence electrons. The van der Waals surface area contributed by atoms with Crippen LogP contribution in [0.3, 0.4) is 0 Å². The van der Waals surface area contributed by atoms with E-state index in [1.807, 2.05) is 0 Å². The monoisotopic (exact) mass is 295 g/mol. The van der Waals surface area contributed by atoms with Crippen molar-refractivity contribution in [1.29, 1.82) is 0 Å². The van der Waals surface area contributed by atoms with Gasteiger partial charge < -0.3 is 15.2 Å². The largest absolute Gasteiger partial charge is 0.496 e. The van der Waals surface area contributed by atoms with Crippen molar-refractivity contribution in [2.24, 2.45) is 0 Å². The highest BCUT2D eigenvalue weighted by molar-refractivity contribution is 6.30. The van der Waals surface area contributed by atoms with Crippen molar-refractivity contribution in [2.45, 2.75) is 13.2 Å². The summed E-state index contributed by atoms with van der Waals surface area (Å²) in [4.78, 5) is 0. The van der Waals surface area contributed by atoms with E-state index in [9.17, 15) is 9.50 Å². The average Bonchev–Trinajstić information content (AvgIpc) is 2.47. The van der Waals surface area contributed by atoms with E-state index < -0.39 is 0 Å². The van der Waals surface area contributed by atoms with Crippen LogP contribution < -0.4 is 10.1 Å². The minimum atomic E-state index is -0.308. The van der Waals surface area contributed by atoms with Crippen LogP contribution in [0.1, 0.15) is 11.1 Å². The lowest BCUT2D eigenvalue weighted by molar-refractivity contribution is 0.274. The molecule has 0 fully saturated rings. The maximum absolute atomic E-state index is 13.6. The summed E-state index contributed by atoms with van der Waals surface area (Å²) in [7, 11) is 1.54. The number of hydrogen-bond donors (Lipinski definition) is 2. The molecular formula is C15H15ClFNO2. The Kier molecular flexibility index (Phi) is 4.82. The van der Waals surface area contributed by atoms with Gasteiger partial charge in [-0.2, -0.15) is 0 Å². The third-order valence-corrected chi connectivity index (χ3v) is 3.18. The summed E-state index contributed by atoms with van der Waals surface area (Å²) in [6, 6.07) is 9.76. The molecule has 20 heavy (non-hydrogen) atoms. The zero-order valence-corrected chi connectivity index (χ0v) is 11.7. The van der Waals surface area contributed by atoms with Gasteiger partial charge in [-0.3, -0.25) is 0 Å². The predicted octanol–water partition coefficient (Wildman–Crippen LogP) is 3.59. The fraction of sp³-hybridized carbons (Fsp3) is 0.200. The van der Waals surface area contributed by atoms with E-state index in [4.69, 9.17) is 16.3 Å². The Bertz CT molecular complexity index is 604. The number of methoxy groups -OCH3 is 1. The molecule has 0 aliphatic carbocycles. The van der Waals surface area contributed by atoms with Crippen LogP contribution in [0.2, 0.25) is 5.02 Å². The van der Waals surface area contributed by atoms with Gasteiger partial charge in [0.25, 0.3) is 0 Å². The fourth-order valence-corrected chi connectivity index (χ4v) is 2.08. The molecule has 3 nitrogen and oxygen atoms in total. The van der Waals surface area contributed by atoms with Crippen molar-refractivity contribution in [2.75, 3.05) is 12.4 Å². The highest BCUT2D eigenvalue weighted by Crippen LogP contribution is 2.23. The molecule has 0 saturated carbocycles. The van der Waals surface area contributed by atoms with E-state index in [2.05, 4.69) is 5.32 Å². The Morgan fingerprint density at radius 1 is 1.20 bits per heavy atom. The van der Waals surface area contributed by atoms with E-state index in [1.165, 1.54) is 12.1 Å². The van der Waals surface area contributed by atoms with Crippen LogP contribution in [0.15, 0.2) is 36.4 Å². The normalized spacial score (nSPS) is 10.4. The van der Waals surface area contributed by atoms with Crippen molar-refractivity contribution < 1.29 is 14.2 Å². The summed E-state index contributed by atoms with van der Waals surface area (Å²) >= 11 is 5.84. The Labute approximate surface area is 122 Å². The molecule has 0 aromatic heterocycles. The van der Waals surface area contributed by atoms with Gasteiger partial charge in [-0.05, 0) is 36.4 Å². The second kappa shape index (κ2) is 6.59. The number of aliphatic hydroxyl groups is 1. The lowest BCUT2D eigenvalue weighted by atomic mass is 10.1. The average molecular weight is 296 g/mol. The summed E-state index contributed by atoms with van der Waals surface area (Å²) in [6.45, 7) is 0.188. The van der Waals surface area contributed by atoms with Gasteiger partial charge >= 0.3 is 0 Å². The van der Waals surface area contributed by atoms with Crippen molar-refractivity contribution in [3.8, 4) is 5.75 Å². The molecule has 2 N–H and O–H groups in total. The van der Waals surface area contributed by atoms with Crippen LogP contribution in [0, 0.1) is 5.82 Å². The molecule has 5 heteroatoms. The molecule has 0 saturated heterocycles. The number of anilines is 1. The summed E-state index contributed by atoms with van der Waals surface area (Å²) in [5.41, 5.74) is 1.93. The molecule has 0 spiro atoms. The molecular weight excluding hydrogens is 281 g/mol. The summed E-state index contributed by atoms with van der Waals surface area (Å²) in [5, 5.41) is 12.8. The van der Waals surface area contributed by atoms with Crippen molar-refractivity contribution in [3.63, 3.8) is 0 Å². The Balaban J connectivity index is 2.12. The Hall–Kier alpha value is -1.78. The van der Waals surface area contributed by atoms with Crippen LogP contribution in [0.5, 0.6) is 5.75 Å². The number of aliphatic hydroxyl groups excluding tert-OH is 1. The molecule has 0 heterocycles. The molecule has 2 aromatic rings. The minimum Gasteiger partial charge on any atom is -0.496 e. The maximum atomic E-state index is 13.6. The Morgan fingerprint density at radius 3 is 2.70 bits per heavy atom. The van der Waals surface area contributed by atoms with Crippen LogP contribution >= 0.6 is 11.6 Å². The highest BCUT2D eigenvalue weighted by atomic mass is 35.5. The lowest BCUT2D eigenvalue weighted by Crippen LogP contribution is -2.03. The smallest absolute Gasteiger partial charge is 0.128 e. The van der Waals surface area contributed by atoms with E-state index in [1.54, 1.807) is 31.4 Å². The Morgan fingerprint density at radius 2 is 2.00 bits per heavy atom. The summed E-state index contributed by atoms with van der Waals surface area (Å²) in [6.07, 6.45) is 0. The first-order chi connectivity index (χ1) is 9.63. The maximum Gasteiger partial charge on any atom is 0.128 e. The third kappa shape index (κ3) is 3.40. The first-order valence-corrected chi connectivity index (χ1v) is 6.47. The van der Waals surface area contributed by atoms with Crippen LogP contribution in [0.25, 0.3) is 0 Å². The van der Waals surface area contributed by atoms with Crippen LogP contribution in [0.4, 0.5) is 10.1 Å². The zero-order chi connectivity index (χ0) is 14.5. The van der Waals surface area contributed by atoms with Gasteiger partial charge in [-0.15, -0.1) is 0 Å². The van der Waals surface area contributed by atoms with Gasteiger partial charge in [0, 0.05) is 28.4 Å². The predicted molar refractivity (Wildman–Crippen MR) is 77.7 cm³/mol. The van der Waals surface area contributed by atoms with E-state index in [-0.39, 0.29) is 12.4 Å². The minimum absolute atomic E-state index is 0.121. The molecule has 0 aliphatic heterocycles. The molecule has 0 atom stereocenters. The van der Waals surface area contributed by atoms with Gasteiger partial charge in [0.2, 0.25) is 0 Å². The van der Waals surface area contributed by atoms with Crippen LogP contribution in [-0.2, 0) is 13.2 Å². The van der Waals surface area contributed by atoms with Gasteiger partial charge in [0.05, 0.1) is 13.7 Å². The van der Waals surface area contributed by atoms with E-state index >= 15 is 0 Å². The van der Waals surface area contributed by atoms with Crippen molar-refractivity contribution >= 4 is 17.3 Å². The standard InChI is InChI=1S/C15H15ClFNO2/c1-20-15-5-3-13(7-11(15)9-19)18-8-10-6-12(16)2-4-14(10)17/h2-7,18-19H,8-9H2,1H3. The quantitative estimate of drug-likeness (QED) is 0.886. The number of ether oxygens (including phenoxy) is 1. The number of benzene rings is 2. The molecule has 2 rings (SSSR count). The molecule has 0 radical (unpaired) electrons. The number of hydrogen-bond acceptors (Lipinski definition) is 3. The van der Waals surface area contributed by atoms with Crippen molar-refractivity contribution in [3.05, 3.63) is 58.4 Å². The molecule has 0 bridgehead atoms. The molecule has 0 amide bonds.